The molecule has 0 spiro atoms. The van der Waals surface area contributed by atoms with E-state index in [0.29, 0.717) is 36.9 Å². The van der Waals surface area contributed by atoms with Crippen molar-refractivity contribution in [2.75, 3.05) is 7.05 Å². The van der Waals surface area contributed by atoms with Gasteiger partial charge in [-0.25, -0.2) is 13.2 Å². The van der Waals surface area contributed by atoms with Gasteiger partial charge < -0.3 is 25.7 Å². The van der Waals surface area contributed by atoms with Crippen LogP contribution < -0.4 is 5.32 Å². The van der Waals surface area contributed by atoms with Gasteiger partial charge in [0.1, 0.15) is 5.82 Å². The number of nitrogens with one attached hydrogen (secondary N) is 1. The van der Waals surface area contributed by atoms with Crippen molar-refractivity contribution < 1.29 is 52.8 Å². The maximum atomic E-state index is 14.9. The number of unbranched alkanes of at least 4 members (excludes halogenated alkanes) is 10. The second kappa shape index (κ2) is 25.1. The minimum Gasteiger partial charge on any atom is -0.480 e. The molecule has 3 aromatic rings. The van der Waals surface area contributed by atoms with Crippen molar-refractivity contribution in [1.82, 2.24) is 10.2 Å². The van der Waals surface area contributed by atoms with Crippen LogP contribution in [0.25, 0.3) is 11.1 Å². The second-order valence-corrected chi connectivity index (χ2v) is 18.1. The van der Waals surface area contributed by atoms with E-state index < -0.39 is 46.3 Å². The highest BCUT2D eigenvalue weighted by Gasteiger charge is 2.53. The van der Waals surface area contributed by atoms with E-state index in [-0.39, 0.29) is 55.7 Å². The molecule has 5 N–H and O–H groups in total. The Morgan fingerprint density at radius 1 is 0.625 bits per heavy atom. The first-order chi connectivity index (χ1) is 30.6. The summed E-state index contributed by atoms with van der Waals surface area (Å²) in [6.45, 7) is 4.84. The van der Waals surface area contributed by atoms with E-state index in [4.69, 9.17) is 0 Å². The van der Waals surface area contributed by atoms with Crippen molar-refractivity contribution in [3.8, 4) is 11.1 Å². The summed E-state index contributed by atoms with van der Waals surface area (Å²) < 4.78 is 43.8. The molecule has 2 atom stereocenters. The van der Waals surface area contributed by atoms with Crippen LogP contribution in [-0.4, -0.2) is 68.3 Å². The van der Waals surface area contributed by atoms with Crippen molar-refractivity contribution in [2.24, 2.45) is 10.8 Å². The summed E-state index contributed by atoms with van der Waals surface area (Å²) in [6.07, 6.45) is 16.5. The Hall–Kier alpha value is -4.75. The zero-order chi connectivity index (χ0) is 46.9. The average Bonchev–Trinajstić information content (AvgIpc) is 3.93. The molecule has 5 rings (SSSR count). The summed E-state index contributed by atoms with van der Waals surface area (Å²) in [5.74, 6) is -7.28. The van der Waals surface area contributed by atoms with Gasteiger partial charge in [0, 0.05) is 36.3 Å². The molecule has 3 aromatic carbocycles. The molecular weight excluding hydrogens is 826 g/mol. The minimum absolute atomic E-state index is 0.0174. The predicted molar refractivity (Wildman–Crippen MR) is 241 cm³/mol. The van der Waals surface area contributed by atoms with Crippen LogP contribution >= 0.6 is 0 Å². The number of hydrogen-bond acceptors (Lipinski definition) is 6. The Morgan fingerprint density at radius 3 is 1.67 bits per heavy atom. The Balaban J connectivity index is 0.000000283. The average molecular weight is 895 g/mol. The fourth-order valence-corrected chi connectivity index (χ4v) is 9.15. The van der Waals surface area contributed by atoms with Crippen LogP contribution in [0.3, 0.4) is 0 Å². The third-order valence-corrected chi connectivity index (χ3v) is 13.4. The number of carbonyl (C=O) groups is 4. The normalized spacial score (nSPS) is 17.5. The standard InChI is InChI=1S/C28H36FNO4.C23H33F2NO4/c1-3-4-5-6-7-8-20-9-12-22(13-10-20)24-14-11-21(17-25(24)29)19-30(2)23-15-16-28(18-23,26(31)32)27(33)34;1-2-3-4-5-6-7-8-9-16-10-11-17(20(25)19(16)24)15-26-18-12-13-23(14-18,21(27)28)22(29)30/h9-14,17,23H,3-8,15-16,18-19H2,1-2H3,(H,31,32)(H,33,34);10-11,18,26H,2-9,12-15H2,1H3,(H,27,28)(H,29,30). The van der Waals surface area contributed by atoms with Gasteiger partial charge in [-0.2, -0.15) is 0 Å². The Morgan fingerprint density at radius 2 is 1.12 bits per heavy atom. The maximum absolute atomic E-state index is 14.9. The SMILES string of the molecule is CCCCCCCCCc1ccc(CNC2CCC(C(=O)O)(C(=O)O)C2)c(F)c1F.CCCCCCCc1ccc(-c2ccc(CN(C)C3CCC(C(=O)O)(C(=O)O)C3)cc2F)cc1. The number of halogens is 3. The lowest BCUT2D eigenvalue weighted by atomic mass is 9.86. The Labute approximate surface area is 376 Å². The quantitative estimate of drug-likeness (QED) is 0.0408. The van der Waals surface area contributed by atoms with E-state index in [1.807, 2.05) is 30.1 Å². The zero-order valence-corrected chi connectivity index (χ0v) is 37.9. The summed E-state index contributed by atoms with van der Waals surface area (Å²) in [6, 6.07) is 15.9. The van der Waals surface area contributed by atoms with E-state index in [9.17, 15) is 52.8 Å². The highest BCUT2D eigenvalue weighted by molar-refractivity contribution is 5.99. The molecular formula is C51H69F3N2O8. The largest absolute Gasteiger partial charge is 0.480 e. The van der Waals surface area contributed by atoms with Crippen molar-refractivity contribution in [1.29, 1.82) is 0 Å². The van der Waals surface area contributed by atoms with Crippen LogP contribution in [0, 0.1) is 28.3 Å². The van der Waals surface area contributed by atoms with E-state index in [0.717, 1.165) is 36.8 Å². The molecule has 0 bridgehead atoms. The van der Waals surface area contributed by atoms with E-state index in [1.165, 1.54) is 69.4 Å². The lowest BCUT2D eigenvalue weighted by Crippen LogP contribution is -2.39. The third kappa shape index (κ3) is 13.9. The number of hydrogen-bond donors (Lipinski definition) is 5. The van der Waals surface area contributed by atoms with Gasteiger partial charge in [0.15, 0.2) is 22.5 Å². The van der Waals surface area contributed by atoms with Crippen LogP contribution in [0.15, 0.2) is 54.6 Å². The molecule has 0 aromatic heterocycles. The van der Waals surface area contributed by atoms with Crippen molar-refractivity contribution in [3.63, 3.8) is 0 Å². The predicted octanol–water partition coefficient (Wildman–Crippen LogP) is 11.2. The molecule has 13 heteroatoms. The van der Waals surface area contributed by atoms with E-state index in [2.05, 4.69) is 31.3 Å². The molecule has 0 heterocycles. The van der Waals surface area contributed by atoms with Crippen molar-refractivity contribution in [2.45, 2.75) is 167 Å². The summed E-state index contributed by atoms with van der Waals surface area (Å²) in [5, 5.41) is 40.4. The Bertz CT molecular complexity index is 1980. The van der Waals surface area contributed by atoms with Gasteiger partial charge in [0.25, 0.3) is 0 Å². The molecule has 10 nitrogen and oxygen atoms in total. The summed E-state index contributed by atoms with van der Waals surface area (Å²) in [5.41, 5.74) is 0.454. The number of rotatable bonds is 25. The van der Waals surface area contributed by atoms with Gasteiger partial charge in [-0.1, -0.05) is 127 Å². The van der Waals surface area contributed by atoms with E-state index in [1.54, 1.807) is 18.2 Å². The van der Waals surface area contributed by atoms with Gasteiger partial charge >= 0.3 is 23.9 Å². The maximum Gasteiger partial charge on any atom is 0.321 e. The topological polar surface area (TPSA) is 164 Å². The molecule has 0 aliphatic heterocycles. The van der Waals surface area contributed by atoms with Gasteiger partial charge in [0.2, 0.25) is 0 Å². The first kappa shape index (κ1) is 51.9. The van der Waals surface area contributed by atoms with Crippen LogP contribution in [0.2, 0.25) is 0 Å². The van der Waals surface area contributed by atoms with Crippen LogP contribution in [0.4, 0.5) is 13.2 Å². The molecule has 64 heavy (non-hydrogen) atoms. The monoisotopic (exact) mass is 895 g/mol. The molecule has 2 aliphatic rings. The summed E-state index contributed by atoms with van der Waals surface area (Å²) in [7, 11) is 1.83. The lowest BCUT2D eigenvalue weighted by Gasteiger charge is -2.26. The fraction of sp³-hybridized carbons (Fsp3) is 0.569. The molecule has 0 saturated heterocycles. The minimum atomic E-state index is -1.80. The zero-order valence-electron chi connectivity index (χ0n) is 37.9. The third-order valence-electron chi connectivity index (χ3n) is 13.4. The molecule has 0 radical (unpaired) electrons. The van der Waals surface area contributed by atoms with Gasteiger partial charge in [-0.15, -0.1) is 0 Å². The molecule has 2 saturated carbocycles. The molecule has 2 aliphatic carbocycles. The smallest absolute Gasteiger partial charge is 0.321 e. The molecule has 2 fully saturated rings. The van der Waals surface area contributed by atoms with Crippen molar-refractivity contribution in [3.05, 3.63) is 94.3 Å². The molecule has 2 unspecified atom stereocenters. The number of aliphatic carboxylic acids is 4. The highest BCUT2D eigenvalue weighted by Crippen LogP contribution is 2.42. The molecule has 352 valence electrons. The van der Waals surface area contributed by atoms with Crippen LogP contribution in [0.1, 0.15) is 152 Å². The van der Waals surface area contributed by atoms with Crippen LogP contribution in [-0.2, 0) is 45.1 Å². The number of carboxylic acid groups (broad SMARTS) is 4. The number of carboxylic acids is 4. The number of nitrogens with zero attached hydrogens (tertiary/aromatic N) is 1. The second-order valence-electron chi connectivity index (χ2n) is 18.1. The first-order valence-electron chi connectivity index (χ1n) is 23.3. The van der Waals surface area contributed by atoms with Crippen molar-refractivity contribution >= 4 is 23.9 Å². The van der Waals surface area contributed by atoms with Gasteiger partial charge in [-0.3, -0.25) is 24.1 Å². The lowest BCUT2D eigenvalue weighted by molar-refractivity contribution is -0.166. The van der Waals surface area contributed by atoms with E-state index >= 15 is 0 Å². The highest BCUT2D eigenvalue weighted by atomic mass is 19.2. The first-order valence-corrected chi connectivity index (χ1v) is 23.3. The summed E-state index contributed by atoms with van der Waals surface area (Å²) >= 11 is 0. The summed E-state index contributed by atoms with van der Waals surface area (Å²) in [4.78, 5) is 47.8. The molecule has 0 amide bonds. The van der Waals surface area contributed by atoms with Gasteiger partial charge in [-0.05, 0) is 99.6 Å². The Kier molecular flexibility index (Phi) is 20.3. The number of benzene rings is 3. The fourth-order valence-electron chi connectivity index (χ4n) is 9.15. The number of aryl methyl sites for hydroxylation is 2. The van der Waals surface area contributed by atoms with Crippen LogP contribution in [0.5, 0.6) is 0 Å². The van der Waals surface area contributed by atoms with Gasteiger partial charge in [0.05, 0.1) is 0 Å².